The standard InChI is InChI=1S/C17H15N3O3S/c21-15(18-8-9-19-16(22)14-7-4-10-23-14)13-11-24-17(20-13)12-5-2-1-3-6-12/h1-7,10-11H,8-9H2,(H,18,21)(H,19,22). The highest BCUT2D eigenvalue weighted by Crippen LogP contribution is 2.23. The van der Waals surface area contributed by atoms with Crippen molar-refractivity contribution < 1.29 is 14.0 Å². The Kier molecular flexibility index (Phi) is 5.02. The lowest BCUT2D eigenvalue weighted by Crippen LogP contribution is -2.34. The van der Waals surface area contributed by atoms with Crippen molar-refractivity contribution in [1.29, 1.82) is 0 Å². The van der Waals surface area contributed by atoms with Gasteiger partial charge in [0.2, 0.25) is 0 Å². The van der Waals surface area contributed by atoms with Crippen LogP contribution in [0, 0.1) is 0 Å². The fraction of sp³-hybridized carbons (Fsp3) is 0.118. The smallest absolute Gasteiger partial charge is 0.287 e. The van der Waals surface area contributed by atoms with E-state index in [9.17, 15) is 9.59 Å². The molecule has 0 atom stereocenters. The third kappa shape index (κ3) is 3.88. The number of nitrogens with zero attached hydrogens (tertiary/aromatic N) is 1. The normalized spacial score (nSPS) is 10.3. The molecule has 2 N–H and O–H groups in total. The summed E-state index contributed by atoms with van der Waals surface area (Å²) in [6.07, 6.45) is 1.43. The fourth-order valence-corrected chi connectivity index (χ4v) is 2.84. The number of carbonyl (C=O) groups is 2. The lowest BCUT2D eigenvalue weighted by atomic mass is 10.2. The van der Waals surface area contributed by atoms with E-state index in [1.54, 1.807) is 17.5 Å². The summed E-state index contributed by atoms with van der Waals surface area (Å²) in [5.74, 6) is -0.330. The van der Waals surface area contributed by atoms with Gasteiger partial charge in [-0.2, -0.15) is 0 Å². The molecule has 1 aromatic carbocycles. The van der Waals surface area contributed by atoms with Crippen molar-refractivity contribution in [1.82, 2.24) is 15.6 Å². The molecule has 3 aromatic rings. The maximum atomic E-state index is 12.1. The van der Waals surface area contributed by atoms with E-state index in [2.05, 4.69) is 15.6 Å². The van der Waals surface area contributed by atoms with Crippen LogP contribution in [0.2, 0.25) is 0 Å². The zero-order valence-electron chi connectivity index (χ0n) is 12.7. The first kappa shape index (κ1) is 15.9. The zero-order valence-corrected chi connectivity index (χ0v) is 13.5. The topological polar surface area (TPSA) is 84.2 Å². The minimum Gasteiger partial charge on any atom is -0.459 e. The first-order valence-electron chi connectivity index (χ1n) is 7.35. The number of thiazole rings is 1. The van der Waals surface area contributed by atoms with E-state index in [-0.39, 0.29) is 17.6 Å². The largest absolute Gasteiger partial charge is 0.459 e. The Morgan fingerprint density at radius 3 is 2.46 bits per heavy atom. The molecule has 0 saturated heterocycles. The van der Waals surface area contributed by atoms with Gasteiger partial charge in [-0.15, -0.1) is 11.3 Å². The lowest BCUT2D eigenvalue weighted by Gasteiger charge is -2.04. The van der Waals surface area contributed by atoms with Crippen molar-refractivity contribution in [3.63, 3.8) is 0 Å². The minimum atomic E-state index is -0.311. The van der Waals surface area contributed by atoms with Crippen LogP contribution in [0.3, 0.4) is 0 Å². The number of hydrogen-bond acceptors (Lipinski definition) is 5. The van der Waals surface area contributed by atoms with Crippen molar-refractivity contribution in [3.05, 3.63) is 65.6 Å². The molecule has 2 amide bonds. The van der Waals surface area contributed by atoms with E-state index in [1.807, 2.05) is 30.3 Å². The van der Waals surface area contributed by atoms with Crippen LogP contribution in [-0.4, -0.2) is 29.9 Å². The van der Waals surface area contributed by atoms with Crippen molar-refractivity contribution in [2.75, 3.05) is 13.1 Å². The number of amides is 2. The molecule has 0 radical (unpaired) electrons. The molecule has 24 heavy (non-hydrogen) atoms. The van der Waals surface area contributed by atoms with E-state index >= 15 is 0 Å². The summed E-state index contributed by atoms with van der Waals surface area (Å²) >= 11 is 1.42. The summed E-state index contributed by atoms with van der Waals surface area (Å²) < 4.78 is 4.98. The van der Waals surface area contributed by atoms with Crippen LogP contribution < -0.4 is 10.6 Å². The monoisotopic (exact) mass is 341 g/mol. The van der Waals surface area contributed by atoms with E-state index in [0.29, 0.717) is 18.8 Å². The molecule has 0 fully saturated rings. The molecule has 0 aliphatic carbocycles. The highest BCUT2D eigenvalue weighted by Gasteiger charge is 2.12. The van der Waals surface area contributed by atoms with Crippen molar-refractivity contribution in [2.45, 2.75) is 0 Å². The van der Waals surface area contributed by atoms with E-state index in [4.69, 9.17) is 4.42 Å². The van der Waals surface area contributed by atoms with Gasteiger partial charge in [-0.3, -0.25) is 9.59 Å². The van der Waals surface area contributed by atoms with Crippen LogP contribution in [0.5, 0.6) is 0 Å². The molecular weight excluding hydrogens is 326 g/mol. The number of carbonyl (C=O) groups excluding carboxylic acids is 2. The Bertz CT molecular complexity index is 813. The Labute approximate surface area is 142 Å². The molecule has 0 spiro atoms. The molecule has 0 aliphatic heterocycles. The summed E-state index contributed by atoms with van der Waals surface area (Å²) in [4.78, 5) is 28.1. The van der Waals surface area contributed by atoms with Crippen LogP contribution in [0.25, 0.3) is 10.6 Å². The first-order valence-corrected chi connectivity index (χ1v) is 8.23. The van der Waals surface area contributed by atoms with Gasteiger partial charge in [-0.1, -0.05) is 30.3 Å². The van der Waals surface area contributed by atoms with Crippen LogP contribution in [0.1, 0.15) is 21.0 Å². The summed E-state index contributed by atoms with van der Waals surface area (Å²) in [7, 11) is 0. The molecule has 0 aliphatic rings. The second-order valence-corrected chi connectivity index (χ2v) is 5.75. The van der Waals surface area contributed by atoms with Crippen molar-refractivity contribution in [2.24, 2.45) is 0 Å². The molecule has 7 heteroatoms. The SMILES string of the molecule is O=C(NCCNC(=O)c1ccco1)c1csc(-c2ccccc2)n1. The lowest BCUT2D eigenvalue weighted by molar-refractivity contribution is 0.0909. The maximum absolute atomic E-state index is 12.1. The first-order chi connectivity index (χ1) is 11.7. The highest BCUT2D eigenvalue weighted by molar-refractivity contribution is 7.13. The molecule has 6 nitrogen and oxygen atoms in total. The number of nitrogens with one attached hydrogen (secondary N) is 2. The van der Waals surface area contributed by atoms with Gasteiger partial charge in [0.15, 0.2) is 5.76 Å². The second-order valence-electron chi connectivity index (χ2n) is 4.89. The third-order valence-electron chi connectivity index (χ3n) is 3.20. The average molecular weight is 341 g/mol. The molecule has 2 aromatic heterocycles. The minimum absolute atomic E-state index is 0.244. The average Bonchev–Trinajstić information content (AvgIpc) is 3.31. The van der Waals surface area contributed by atoms with Crippen LogP contribution in [0.4, 0.5) is 0 Å². The number of aromatic nitrogens is 1. The van der Waals surface area contributed by atoms with Gasteiger partial charge in [0.25, 0.3) is 11.8 Å². The Morgan fingerprint density at radius 2 is 1.75 bits per heavy atom. The molecule has 0 unspecified atom stereocenters. The number of rotatable bonds is 6. The molecule has 3 rings (SSSR count). The Hall–Kier alpha value is -2.93. The van der Waals surface area contributed by atoms with Gasteiger partial charge in [-0.25, -0.2) is 4.98 Å². The molecule has 0 bridgehead atoms. The Morgan fingerprint density at radius 1 is 1.00 bits per heavy atom. The van der Waals surface area contributed by atoms with Gasteiger partial charge in [-0.05, 0) is 12.1 Å². The van der Waals surface area contributed by atoms with Gasteiger partial charge < -0.3 is 15.1 Å². The van der Waals surface area contributed by atoms with E-state index in [1.165, 1.54) is 17.6 Å². The zero-order chi connectivity index (χ0) is 16.8. The van der Waals surface area contributed by atoms with Gasteiger partial charge >= 0.3 is 0 Å². The predicted molar refractivity (Wildman–Crippen MR) is 90.9 cm³/mol. The third-order valence-corrected chi connectivity index (χ3v) is 4.09. The van der Waals surface area contributed by atoms with E-state index < -0.39 is 0 Å². The van der Waals surface area contributed by atoms with Gasteiger partial charge in [0, 0.05) is 24.0 Å². The molecule has 2 heterocycles. The predicted octanol–water partition coefficient (Wildman–Crippen LogP) is 2.56. The Balaban J connectivity index is 1.47. The molecule has 0 saturated carbocycles. The highest BCUT2D eigenvalue weighted by atomic mass is 32.1. The second kappa shape index (κ2) is 7.56. The fourth-order valence-electron chi connectivity index (χ4n) is 2.03. The maximum Gasteiger partial charge on any atom is 0.287 e. The quantitative estimate of drug-likeness (QED) is 0.675. The van der Waals surface area contributed by atoms with Crippen molar-refractivity contribution >= 4 is 23.2 Å². The van der Waals surface area contributed by atoms with Gasteiger partial charge in [0.1, 0.15) is 10.7 Å². The van der Waals surface area contributed by atoms with Crippen molar-refractivity contribution in [3.8, 4) is 10.6 Å². The molecule has 122 valence electrons. The van der Waals surface area contributed by atoms with Gasteiger partial charge in [0.05, 0.1) is 6.26 Å². The number of furan rings is 1. The van der Waals surface area contributed by atoms with Crippen LogP contribution in [-0.2, 0) is 0 Å². The van der Waals surface area contributed by atoms with Crippen LogP contribution in [0.15, 0.2) is 58.5 Å². The number of hydrogen-bond donors (Lipinski definition) is 2. The number of benzene rings is 1. The van der Waals surface area contributed by atoms with Crippen LogP contribution >= 0.6 is 11.3 Å². The summed E-state index contributed by atoms with van der Waals surface area (Å²) in [6.45, 7) is 0.616. The molecular formula is C17H15N3O3S. The summed E-state index contributed by atoms with van der Waals surface area (Å²) in [5, 5.41) is 7.90. The van der Waals surface area contributed by atoms with E-state index in [0.717, 1.165) is 10.6 Å². The summed E-state index contributed by atoms with van der Waals surface area (Å²) in [6, 6.07) is 12.9. The summed E-state index contributed by atoms with van der Waals surface area (Å²) in [5.41, 5.74) is 1.35.